The van der Waals surface area contributed by atoms with Crippen LogP contribution < -0.4 is 4.74 Å². The maximum Gasteiger partial charge on any atom is 0.345 e. The van der Waals surface area contributed by atoms with Gasteiger partial charge in [-0.2, -0.15) is 5.10 Å². The minimum atomic E-state index is -0.404. The van der Waals surface area contributed by atoms with Crippen LogP contribution in [0.2, 0.25) is 0 Å². The number of hydrogen-bond acceptors (Lipinski definition) is 6. The van der Waals surface area contributed by atoms with Crippen LogP contribution in [0.15, 0.2) is 30.5 Å². The number of morpholine rings is 1. The Kier molecular flexibility index (Phi) is 7.66. The first kappa shape index (κ1) is 21.3. The summed E-state index contributed by atoms with van der Waals surface area (Å²) in [5.74, 6) is 0.473. The molecule has 0 radical (unpaired) electrons. The Balaban J connectivity index is 1.78. The largest absolute Gasteiger partial charge is 0.476 e. The fraction of sp³-hybridized carbons (Fsp3) is 0.545. The zero-order valence-corrected chi connectivity index (χ0v) is 17.6. The number of benzene rings is 1. The van der Waals surface area contributed by atoms with Crippen molar-refractivity contribution in [2.45, 2.75) is 33.1 Å². The topological polar surface area (TPSA) is 65.8 Å². The van der Waals surface area contributed by atoms with E-state index >= 15 is 0 Å². The van der Waals surface area contributed by atoms with Gasteiger partial charge in [0, 0.05) is 19.6 Å². The van der Waals surface area contributed by atoms with Crippen LogP contribution >= 0.6 is 0 Å². The molecule has 1 saturated heterocycles. The zero-order chi connectivity index (χ0) is 20.6. The van der Waals surface area contributed by atoms with E-state index in [1.54, 1.807) is 4.68 Å². The number of esters is 1. The van der Waals surface area contributed by atoms with Crippen molar-refractivity contribution in [1.29, 1.82) is 0 Å². The average molecular weight is 402 g/mol. The predicted molar refractivity (Wildman–Crippen MR) is 111 cm³/mol. The molecule has 0 unspecified atom stereocenters. The summed E-state index contributed by atoms with van der Waals surface area (Å²) in [6.45, 7) is 11.2. The van der Waals surface area contributed by atoms with E-state index in [1.807, 2.05) is 19.1 Å². The van der Waals surface area contributed by atoms with Gasteiger partial charge >= 0.3 is 5.97 Å². The smallest absolute Gasteiger partial charge is 0.345 e. The van der Waals surface area contributed by atoms with Crippen molar-refractivity contribution in [3.05, 3.63) is 41.6 Å². The summed E-state index contributed by atoms with van der Waals surface area (Å²) in [6, 6.07) is 8.15. The van der Waals surface area contributed by atoms with Crippen LogP contribution in [0.25, 0.3) is 5.69 Å². The highest BCUT2D eigenvalue weighted by molar-refractivity contribution is 5.92. The molecule has 0 saturated carbocycles. The van der Waals surface area contributed by atoms with Gasteiger partial charge in [-0.1, -0.05) is 32.9 Å². The normalized spacial score (nSPS) is 14.9. The molecule has 0 spiro atoms. The maximum absolute atomic E-state index is 12.5. The molecule has 1 aliphatic rings. The van der Waals surface area contributed by atoms with Gasteiger partial charge in [0.1, 0.15) is 12.2 Å². The summed E-state index contributed by atoms with van der Waals surface area (Å²) in [5, 5.41) is 4.41. The first-order valence-electron chi connectivity index (χ1n) is 10.4. The third-order valence-electron chi connectivity index (χ3n) is 4.94. The molecule has 1 aliphatic heterocycles. The minimum absolute atomic E-state index is 0.355. The van der Waals surface area contributed by atoms with Gasteiger partial charge in [0.2, 0.25) is 5.88 Å². The maximum atomic E-state index is 12.5. The van der Waals surface area contributed by atoms with Gasteiger partial charge in [0.15, 0.2) is 0 Å². The van der Waals surface area contributed by atoms with Gasteiger partial charge in [-0.15, -0.1) is 0 Å². The van der Waals surface area contributed by atoms with E-state index < -0.39 is 5.97 Å². The molecule has 158 valence electrons. The molecule has 7 nitrogen and oxygen atoms in total. The molecular weight excluding hydrogens is 370 g/mol. The van der Waals surface area contributed by atoms with Crippen LogP contribution in [0, 0.1) is 0 Å². The molecule has 2 heterocycles. The molecule has 0 bridgehead atoms. The average Bonchev–Trinajstić information content (AvgIpc) is 3.16. The molecule has 0 N–H and O–H groups in total. The first-order valence-corrected chi connectivity index (χ1v) is 10.4. The third-order valence-corrected chi connectivity index (χ3v) is 4.94. The number of carbonyl (C=O) groups excluding carboxylic acids is 1. The van der Waals surface area contributed by atoms with E-state index in [9.17, 15) is 4.79 Å². The zero-order valence-electron chi connectivity index (χ0n) is 17.6. The lowest BCUT2D eigenvalue weighted by Gasteiger charge is -2.26. The Morgan fingerprint density at radius 1 is 1.17 bits per heavy atom. The molecule has 0 amide bonds. The molecule has 1 aromatic heterocycles. The van der Waals surface area contributed by atoms with Gasteiger partial charge in [-0.3, -0.25) is 4.90 Å². The van der Waals surface area contributed by atoms with Gasteiger partial charge in [0.05, 0.1) is 31.7 Å². The monoisotopic (exact) mass is 401 g/mol. The Bertz CT molecular complexity index is 780. The fourth-order valence-electron chi connectivity index (χ4n) is 3.17. The van der Waals surface area contributed by atoms with E-state index in [2.05, 4.69) is 36.0 Å². The summed E-state index contributed by atoms with van der Waals surface area (Å²) in [5.41, 5.74) is 2.46. The quantitative estimate of drug-likeness (QED) is 0.601. The standard InChI is InChI=1S/C22H31N3O4/c1-4-12-29-22(26)20-16-23-25(19-7-5-18(6-8-19)17(2)3)21(20)28-15-11-24-9-13-27-14-10-24/h5-8,16-17H,4,9-15H2,1-3H3. The highest BCUT2D eigenvalue weighted by Crippen LogP contribution is 2.25. The van der Waals surface area contributed by atoms with E-state index in [4.69, 9.17) is 14.2 Å². The molecule has 0 aliphatic carbocycles. The van der Waals surface area contributed by atoms with Crippen molar-refractivity contribution in [3.63, 3.8) is 0 Å². The summed E-state index contributed by atoms with van der Waals surface area (Å²) in [6.07, 6.45) is 2.29. The van der Waals surface area contributed by atoms with E-state index in [0.29, 0.717) is 30.6 Å². The molecule has 3 rings (SSSR count). The third kappa shape index (κ3) is 5.58. The van der Waals surface area contributed by atoms with Crippen molar-refractivity contribution in [3.8, 4) is 11.6 Å². The summed E-state index contributed by atoms with van der Waals surface area (Å²) >= 11 is 0. The predicted octanol–water partition coefficient (Wildman–Crippen LogP) is 3.27. The number of hydrogen-bond donors (Lipinski definition) is 0. The van der Waals surface area contributed by atoms with Crippen molar-refractivity contribution in [1.82, 2.24) is 14.7 Å². The highest BCUT2D eigenvalue weighted by Gasteiger charge is 2.22. The number of carbonyl (C=O) groups is 1. The van der Waals surface area contributed by atoms with Crippen LogP contribution in [0.3, 0.4) is 0 Å². The van der Waals surface area contributed by atoms with Crippen molar-refractivity contribution in [2.75, 3.05) is 46.1 Å². The first-order chi connectivity index (χ1) is 14.1. The molecule has 29 heavy (non-hydrogen) atoms. The van der Waals surface area contributed by atoms with Crippen LogP contribution in [-0.4, -0.2) is 66.7 Å². The Labute approximate surface area is 172 Å². The second kappa shape index (κ2) is 10.4. The second-order valence-corrected chi connectivity index (χ2v) is 7.46. The Hall–Kier alpha value is -2.38. The number of rotatable bonds is 9. The number of ether oxygens (including phenoxy) is 3. The summed E-state index contributed by atoms with van der Waals surface area (Å²) in [4.78, 5) is 14.8. The SMILES string of the molecule is CCCOC(=O)c1cnn(-c2ccc(C(C)C)cc2)c1OCCN1CCOCC1. The van der Waals surface area contributed by atoms with Gasteiger partial charge in [-0.25, -0.2) is 9.48 Å². The Morgan fingerprint density at radius 3 is 2.55 bits per heavy atom. The van der Waals surface area contributed by atoms with Gasteiger partial charge < -0.3 is 14.2 Å². The highest BCUT2D eigenvalue weighted by atomic mass is 16.5. The van der Waals surface area contributed by atoms with Crippen molar-refractivity contribution in [2.24, 2.45) is 0 Å². The second-order valence-electron chi connectivity index (χ2n) is 7.46. The van der Waals surface area contributed by atoms with E-state index in [0.717, 1.165) is 45.0 Å². The van der Waals surface area contributed by atoms with E-state index in [-0.39, 0.29) is 0 Å². The minimum Gasteiger partial charge on any atom is -0.476 e. The van der Waals surface area contributed by atoms with Crippen LogP contribution in [0.5, 0.6) is 5.88 Å². The molecule has 7 heteroatoms. The molecule has 2 aromatic rings. The number of nitrogens with zero attached hydrogens (tertiary/aromatic N) is 3. The molecule has 0 atom stereocenters. The van der Waals surface area contributed by atoms with Crippen molar-refractivity contribution < 1.29 is 19.0 Å². The van der Waals surface area contributed by atoms with Crippen LogP contribution in [0.1, 0.15) is 49.0 Å². The number of aromatic nitrogens is 2. The molecular formula is C22H31N3O4. The fourth-order valence-corrected chi connectivity index (χ4v) is 3.17. The molecule has 1 aromatic carbocycles. The summed E-state index contributed by atoms with van der Waals surface area (Å²) in [7, 11) is 0. The van der Waals surface area contributed by atoms with Gasteiger partial charge in [0.25, 0.3) is 0 Å². The lowest BCUT2D eigenvalue weighted by atomic mass is 10.0. The summed E-state index contributed by atoms with van der Waals surface area (Å²) < 4.78 is 18.4. The lowest BCUT2D eigenvalue weighted by Crippen LogP contribution is -2.38. The van der Waals surface area contributed by atoms with Crippen molar-refractivity contribution >= 4 is 5.97 Å². The van der Waals surface area contributed by atoms with E-state index in [1.165, 1.54) is 11.8 Å². The lowest BCUT2D eigenvalue weighted by molar-refractivity contribution is 0.0316. The molecule has 1 fully saturated rings. The van der Waals surface area contributed by atoms with Crippen LogP contribution in [0.4, 0.5) is 0 Å². The van der Waals surface area contributed by atoms with Crippen LogP contribution in [-0.2, 0) is 9.47 Å². The van der Waals surface area contributed by atoms with Gasteiger partial charge in [-0.05, 0) is 30.0 Å². The Morgan fingerprint density at radius 2 is 1.90 bits per heavy atom.